The summed E-state index contributed by atoms with van der Waals surface area (Å²) in [7, 11) is 0. The van der Waals surface area contributed by atoms with Gasteiger partial charge in [0.2, 0.25) is 0 Å². The van der Waals surface area contributed by atoms with Gasteiger partial charge in [-0.05, 0) is 62.1 Å². The summed E-state index contributed by atoms with van der Waals surface area (Å²) in [5.41, 5.74) is 6.51. The summed E-state index contributed by atoms with van der Waals surface area (Å²) in [6.45, 7) is 12.4. The highest BCUT2D eigenvalue weighted by molar-refractivity contribution is 5.97. The van der Waals surface area contributed by atoms with Gasteiger partial charge in [-0.2, -0.15) is 0 Å². The summed E-state index contributed by atoms with van der Waals surface area (Å²) in [6, 6.07) is 9.66. The van der Waals surface area contributed by atoms with E-state index in [1.165, 1.54) is 11.1 Å². The van der Waals surface area contributed by atoms with Crippen molar-refractivity contribution in [1.29, 1.82) is 0 Å². The number of rotatable bonds is 4. The minimum Gasteiger partial charge on any atom is -0.506 e. The fraction of sp³-hybridized carbons (Fsp3) is 0.409. The van der Waals surface area contributed by atoms with Gasteiger partial charge in [-0.3, -0.25) is 9.69 Å². The number of benzene rings is 2. The first-order valence-corrected chi connectivity index (χ1v) is 9.24. The number of piperazine rings is 1. The van der Waals surface area contributed by atoms with Crippen LogP contribution in [0.2, 0.25) is 0 Å². The van der Waals surface area contributed by atoms with Crippen LogP contribution in [0.25, 0.3) is 0 Å². The predicted molar refractivity (Wildman–Crippen MR) is 106 cm³/mol. The number of hydrogen-bond acceptors (Lipinski definition) is 4. The SMILES string of the molecule is CC(=O)c1c(C)cc(C)c(CN2CCN(c3ccccc3O)CC2)c1C. The number of nitrogens with zero attached hydrogens (tertiary/aromatic N) is 2. The topological polar surface area (TPSA) is 43.8 Å². The molecule has 26 heavy (non-hydrogen) atoms. The molecule has 1 N–H and O–H groups in total. The quantitative estimate of drug-likeness (QED) is 0.849. The molecule has 0 radical (unpaired) electrons. The zero-order valence-corrected chi connectivity index (χ0v) is 16.2. The Labute approximate surface area is 156 Å². The highest BCUT2D eigenvalue weighted by atomic mass is 16.3. The maximum Gasteiger partial charge on any atom is 0.160 e. The van der Waals surface area contributed by atoms with E-state index >= 15 is 0 Å². The zero-order valence-electron chi connectivity index (χ0n) is 16.2. The van der Waals surface area contributed by atoms with Crippen molar-refractivity contribution in [3.05, 3.63) is 58.1 Å². The fourth-order valence-electron chi connectivity index (χ4n) is 4.11. The van der Waals surface area contributed by atoms with E-state index in [-0.39, 0.29) is 5.78 Å². The summed E-state index contributed by atoms with van der Waals surface area (Å²) >= 11 is 0. The molecule has 1 fully saturated rings. The number of carbonyl (C=O) groups is 1. The molecular weight excluding hydrogens is 324 g/mol. The average Bonchev–Trinajstić information content (AvgIpc) is 2.59. The largest absolute Gasteiger partial charge is 0.506 e. The molecule has 0 amide bonds. The van der Waals surface area contributed by atoms with Crippen LogP contribution in [-0.4, -0.2) is 42.0 Å². The van der Waals surface area contributed by atoms with E-state index in [0.29, 0.717) is 5.75 Å². The number of ketones is 1. The normalized spacial score (nSPS) is 15.3. The van der Waals surface area contributed by atoms with Gasteiger partial charge >= 0.3 is 0 Å². The number of para-hydroxylation sites is 2. The van der Waals surface area contributed by atoms with E-state index in [9.17, 15) is 9.90 Å². The molecule has 1 heterocycles. The summed E-state index contributed by atoms with van der Waals surface area (Å²) in [5.74, 6) is 0.489. The molecule has 0 unspecified atom stereocenters. The molecule has 3 rings (SSSR count). The average molecular weight is 352 g/mol. The van der Waals surface area contributed by atoms with Crippen molar-refractivity contribution in [1.82, 2.24) is 4.90 Å². The van der Waals surface area contributed by atoms with E-state index in [2.05, 4.69) is 29.7 Å². The first-order valence-electron chi connectivity index (χ1n) is 9.24. The molecular formula is C22H28N2O2. The standard InChI is InChI=1S/C22H28N2O2/c1-15-13-16(2)22(18(4)25)17(3)19(15)14-23-9-11-24(12-10-23)20-7-5-6-8-21(20)26/h5-8,13,26H,9-12,14H2,1-4H3. The lowest BCUT2D eigenvalue weighted by molar-refractivity contribution is 0.101. The molecule has 0 spiro atoms. The third-order valence-electron chi connectivity index (χ3n) is 5.46. The number of anilines is 1. The number of aryl methyl sites for hydroxylation is 2. The first kappa shape index (κ1) is 18.5. The summed E-state index contributed by atoms with van der Waals surface area (Å²) in [6.07, 6.45) is 0. The first-order chi connectivity index (χ1) is 12.4. The summed E-state index contributed by atoms with van der Waals surface area (Å²) < 4.78 is 0. The highest BCUT2D eigenvalue weighted by Crippen LogP contribution is 2.28. The maximum absolute atomic E-state index is 12.0. The molecule has 1 saturated heterocycles. The van der Waals surface area contributed by atoms with Crippen LogP contribution >= 0.6 is 0 Å². The minimum absolute atomic E-state index is 0.144. The van der Waals surface area contributed by atoms with E-state index in [1.807, 2.05) is 25.1 Å². The van der Waals surface area contributed by atoms with Crippen molar-refractivity contribution in [3.8, 4) is 5.75 Å². The highest BCUT2D eigenvalue weighted by Gasteiger charge is 2.21. The molecule has 4 nitrogen and oxygen atoms in total. The van der Waals surface area contributed by atoms with Gasteiger partial charge in [0.15, 0.2) is 5.78 Å². The van der Waals surface area contributed by atoms with Gasteiger partial charge in [0.1, 0.15) is 5.75 Å². The predicted octanol–water partition coefficient (Wildman–Crippen LogP) is 3.84. The van der Waals surface area contributed by atoms with Crippen molar-refractivity contribution < 1.29 is 9.90 Å². The van der Waals surface area contributed by atoms with Gasteiger partial charge < -0.3 is 10.0 Å². The second-order valence-corrected chi connectivity index (χ2v) is 7.30. The zero-order chi connectivity index (χ0) is 18.8. The molecule has 0 saturated carbocycles. The van der Waals surface area contributed by atoms with Crippen LogP contribution < -0.4 is 4.90 Å². The third kappa shape index (κ3) is 3.61. The Hall–Kier alpha value is -2.33. The maximum atomic E-state index is 12.0. The Balaban J connectivity index is 1.73. The van der Waals surface area contributed by atoms with Gasteiger partial charge in [0.25, 0.3) is 0 Å². The lowest BCUT2D eigenvalue weighted by Crippen LogP contribution is -2.46. The molecule has 0 atom stereocenters. The third-order valence-corrected chi connectivity index (χ3v) is 5.46. The Kier molecular flexibility index (Phi) is 5.33. The second kappa shape index (κ2) is 7.50. The van der Waals surface area contributed by atoms with Crippen LogP contribution in [0.3, 0.4) is 0 Å². The molecule has 2 aromatic carbocycles. The number of phenols is 1. The van der Waals surface area contributed by atoms with Crippen molar-refractivity contribution in [2.45, 2.75) is 34.2 Å². The van der Waals surface area contributed by atoms with Crippen molar-refractivity contribution in [2.24, 2.45) is 0 Å². The smallest absolute Gasteiger partial charge is 0.160 e. The molecule has 1 aliphatic rings. The summed E-state index contributed by atoms with van der Waals surface area (Å²) in [5, 5.41) is 10.1. The van der Waals surface area contributed by atoms with Crippen molar-refractivity contribution in [3.63, 3.8) is 0 Å². The van der Waals surface area contributed by atoms with Crippen LogP contribution in [-0.2, 0) is 6.54 Å². The Morgan fingerprint density at radius 2 is 1.69 bits per heavy atom. The number of carbonyl (C=O) groups excluding carboxylic acids is 1. The number of aromatic hydroxyl groups is 1. The fourth-order valence-corrected chi connectivity index (χ4v) is 4.11. The van der Waals surface area contributed by atoms with Crippen LogP contribution in [0.15, 0.2) is 30.3 Å². The van der Waals surface area contributed by atoms with Gasteiger partial charge in [0, 0.05) is 38.3 Å². The molecule has 0 aromatic heterocycles. The Morgan fingerprint density at radius 3 is 2.31 bits per heavy atom. The van der Waals surface area contributed by atoms with E-state index in [4.69, 9.17) is 0 Å². The Morgan fingerprint density at radius 1 is 1.04 bits per heavy atom. The van der Waals surface area contributed by atoms with E-state index in [1.54, 1.807) is 13.0 Å². The van der Waals surface area contributed by atoms with Gasteiger partial charge in [-0.15, -0.1) is 0 Å². The van der Waals surface area contributed by atoms with E-state index < -0.39 is 0 Å². The van der Waals surface area contributed by atoms with Gasteiger partial charge in [0.05, 0.1) is 5.69 Å². The Bertz CT molecular complexity index is 821. The number of phenolic OH excluding ortho intramolecular Hbond substituents is 1. The lowest BCUT2D eigenvalue weighted by atomic mass is 9.91. The lowest BCUT2D eigenvalue weighted by Gasteiger charge is -2.37. The monoisotopic (exact) mass is 352 g/mol. The van der Waals surface area contributed by atoms with Crippen LogP contribution in [0.5, 0.6) is 5.75 Å². The second-order valence-electron chi connectivity index (χ2n) is 7.30. The van der Waals surface area contributed by atoms with Gasteiger partial charge in [-0.1, -0.05) is 18.2 Å². The molecule has 4 heteroatoms. The molecule has 138 valence electrons. The molecule has 1 aliphatic heterocycles. The van der Waals surface area contributed by atoms with Crippen molar-refractivity contribution in [2.75, 3.05) is 31.1 Å². The van der Waals surface area contributed by atoms with Crippen LogP contribution in [0.4, 0.5) is 5.69 Å². The van der Waals surface area contributed by atoms with Crippen molar-refractivity contribution >= 4 is 11.5 Å². The van der Waals surface area contributed by atoms with Crippen LogP contribution in [0, 0.1) is 20.8 Å². The van der Waals surface area contributed by atoms with E-state index in [0.717, 1.165) is 55.1 Å². The molecule has 2 aromatic rings. The van der Waals surface area contributed by atoms with Crippen LogP contribution in [0.1, 0.15) is 39.5 Å². The molecule has 0 aliphatic carbocycles. The van der Waals surface area contributed by atoms with Gasteiger partial charge in [-0.25, -0.2) is 0 Å². The minimum atomic E-state index is 0.144. The number of Topliss-reactive ketones (excluding diaryl/α,β-unsaturated/α-hetero) is 1. The number of hydrogen-bond donors (Lipinski definition) is 1. The molecule has 0 bridgehead atoms. The summed E-state index contributed by atoms with van der Waals surface area (Å²) in [4.78, 5) is 16.7.